The number of nitrogens with zero attached hydrogens (tertiary/aromatic N) is 1. The van der Waals surface area contributed by atoms with E-state index in [9.17, 15) is 9.59 Å². The molecule has 1 aromatic carbocycles. The summed E-state index contributed by atoms with van der Waals surface area (Å²) in [6.07, 6.45) is 0.500. The minimum atomic E-state index is -1.36. The summed E-state index contributed by atoms with van der Waals surface area (Å²) in [7, 11) is 0. The molecular weight excluding hydrogens is 280 g/mol. The van der Waals surface area contributed by atoms with Crippen molar-refractivity contribution in [2.45, 2.75) is 12.5 Å². The number of carbonyl (C=O) groups is 2. The minimum absolute atomic E-state index is 0.271. The smallest absolute Gasteiger partial charge is 0.422 e. The van der Waals surface area contributed by atoms with Gasteiger partial charge in [0.25, 0.3) is 5.91 Å². The Bertz CT molecular complexity index is 538. The van der Waals surface area contributed by atoms with E-state index < -0.39 is 17.6 Å². The van der Waals surface area contributed by atoms with E-state index in [2.05, 4.69) is 6.58 Å². The van der Waals surface area contributed by atoms with Crippen LogP contribution in [0.3, 0.4) is 0 Å². The van der Waals surface area contributed by atoms with Crippen molar-refractivity contribution in [2.24, 2.45) is 0 Å². The Hall–Kier alpha value is -1.52. The quantitative estimate of drug-likeness (QED) is 0.619. The van der Waals surface area contributed by atoms with Gasteiger partial charge in [-0.3, -0.25) is 4.79 Å². The molecule has 1 heterocycles. The summed E-state index contributed by atoms with van der Waals surface area (Å²) in [5.41, 5.74) is -1.08. The van der Waals surface area contributed by atoms with Crippen molar-refractivity contribution in [1.82, 2.24) is 0 Å². The SMILES string of the molecule is C=CC1([13CH3])O[13C](=O)N(c2cc(Cl)cc(Cl)c2)[13C]1=O. The Balaban J connectivity index is 2.48. The van der Waals surface area contributed by atoms with Gasteiger partial charge in [0.2, 0.25) is 5.60 Å². The number of carbonyl (C=O) groups excluding carboxylic acids is 2. The lowest BCUT2D eigenvalue weighted by atomic mass is 10.3. The summed E-state index contributed by atoms with van der Waals surface area (Å²) >= 11 is 11.7. The van der Waals surface area contributed by atoms with Crippen LogP contribution in [0.2, 0.25) is 10.0 Å². The molecule has 1 unspecified atom stereocenters. The molecule has 0 bridgehead atoms. The fraction of sp³-hybridized carbons (Fsp3) is 0.167. The normalized spacial score (nSPS) is 23.2. The van der Waals surface area contributed by atoms with Crippen LogP contribution in [0.25, 0.3) is 0 Å². The number of hydrogen-bond donors (Lipinski definition) is 0. The third-order valence-corrected chi connectivity index (χ3v) is 3.04. The zero-order valence-corrected chi connectivity index (χ0v) is 11.0. The topological polar surface area (TPSA) is 46.6 Å². The van der Waals surface area contributed by atoms with Gasteiger partial charge in [0.05, 0.1) is 5.69 Å². The number of anilines is 1. The molecule has 18 heavy (non-hydrogen) atoms. The second-order valence-corrected chi connectivity index (χ2v) is 4.82. The number of rotatable bonds is 2. The number of hydrogen-bond acceptors (Lipinski definition) is 3. The van der Waals surface area contributed by atoms with Gasteiger partial charge in [-0.25, -0.2) is 9.69 Å². The highest BCUT2D eigenvalue weighted by molar-refractivity contribution is 6.35. The van der Waals surface area contributed by atoms with E-state index in [-0.39, 0.29) is 5.69 Å². The lowest BCUT2D eigenvalue weighted by Gasteiger charge is -2.15. The Labute approximate surface area is 114 Å². The maximum Gasteiger partial charge on any atom is 0.422 e. The fourth-order valence-electron chi connectivity index (χ4n) is 1.60. The fourth-order valence-corrected chi connectivity index (χ4v) is 2.11. The van der Waals surface area contributed by atoms with E-state index in [1.54, 1.807) is 0 Å². The van der Waals surface area contributed by atoms with Gasteiger partial charge in [0.15, 0.2) is 0 Å². The van der Waals surface area contributed by atoms with Crippen molar-refractivity contribution in [3.05, 3.63) is 40.9 Å². The summed E-state index contributed by atoms with van der Waals surface area (Å²) in [5, 5.41) is 0.649. The standard InChI is InChI=1S/C12H9Cl2NO3/c1-3-12(2)10(16)15(11(17)18-12)9-5-7(13)4-8(14)6-9/h3-6H,1H2,2H3/i2+1,10+1,11+1. The molecule has 6 heteroatoms. The maximum atomic E-state index is 12.1. The monoisotopic (exact) mass is 288 g/mol. The van der Waals surface area contributed by atoms with E-state index in [0.717, 1.165) is 4.90 Å². The molecule has 1 atom stereocenters. The van der Waals surface area contributed by atoms with E-state index in [1.807, 2.05) is 0 Å². The van der Waals surface area contributed by atoms with Gasteiger partial charge >= 0.3 is 6.09 Å². The average Bonchev–Trinajstić information content (AvgIpc) is 2.49. The summed E-state index contributed by atoms with van der Waals surface area (Å²) in [6.45, 7) is 4.95. The number of halogens is 2. The number of cyclic esters (lactones) is 1. The van der Waals surface area contributed by atoms with Crippen LogP contribution in [0.5, 0.6) is 0 Å². The highest BCUT2D eigenvalue weighted by Gasteiger charge is 2.49. The van der Waals surface area contributed by atoms with Crippen molar-refractivity contribution in [2.75, 3.05) is 4.90 Å². The van der Waals surface area contributed by atoms with Gasteiger partial charge in [-0.05, 0) is 31.2 Å². The van der Waals surface area contributed by atoms with Crippen LogP contribution in [0.4, 0.5) is 10.5 Å². The Morgan fingerprint density at radius 2 is 1.83 bits per heavy atom. The molecule has 1 aromatic rings. The first-order valence-corrected chi connectivity index (χ1v) is 5.80. The lowest BCUT2D eigenvalue weighted by Crippen LogP contribution is -2.37. The van der Waals surface area contributed by atoms with Gasteiger partial charge in [0.1, 0.15) is 0 Å². The first kappa shape index (κ1) is 12.9. The third kappa shape index (κ3) is 1.98. The van der Waals surface area contributed by atoms with E-state index in [4.69, 9.17) is 27.9 Å². The molecule has 0 aliphatic carbocycles. The molecular formula is C12H9Cl2NO3. The molecule has 2 rings (SSSR count). The summed E-state index contributed by atoms with van der Waals surface area (Å²) in [4.78, 5) is 24.7. The van der Waals surface area contributed by atoms with Gasteiger partial charge in [-0.15, -0.1) is 0 Å². The van der Waals surface area contributed by atoms with Gasteiger partial charge < -0.3 is 4.74 Å². The highest BCUT2D eigenvalue weighted by atomic mass is 35.5. The predicted molar refractivity (Wildman–Crippen MR) is 69.0 cm³/mol. The summed E-state index contributed by atoms with van der Waals surface area (Å²) < 4.78 is 4.99. The average molecular weight is 289 g/mol. The van der Waals surface area contributed by atoms with Crippen LogP contribution in [0.15, 0.2) is 30.9 Å². The van der Waals surface area contributed by atoms with Crippen LogP contribution in [0.1, 0.15) is 6.92 Å². The molecule has 1 aliphatic heterocycles. The van der Waals surface area contributed by atoms with Crippen molar-refractivity contribution in [3.8, 4) is 0 Å². The van der Waals surface area contributed by atoms with Crippen molar-refractivity contribution in [3.63, 3.8) is 0 Å². The molecule has 2 amide bonds. The van der Waals surface area contributed by atoms with Crippen LogP contribution in [-0.4, -0.2) is 17.6 Å². The summed E-state index contributed by atoms with van der Waals surface area (Å²) in [6, 6.07) is 4.42. The second kappa shape index (κ2) is 4.30. The van der Waals surface area contributed by atoms with E-state index >= 15 is 0 Å². The Morgan fingerprint density at radius 1 is 1.28 bits per heavy atom. The molecule has 0 aromatic heterocycles. The largest absolute Gasteiger partial charge is 0.428 e. The van der Waals surface area contributed by atoms with E-state index in [0.29, 0.717) is 10.0 Å². The van der Waals surface area contributed by atoms with Gasteiger partial charge in [-0.1, -0.05) is 29.8 Å². The van der Waals surface area contributed by atoms with Crippen molar-refractivity contribution in [1.29, 1.82) is 0 Å². The van der Waals surface area contributed by atoms with Crippen molar-refractivity contribution < 1.29 is 14.3 Å². The second-order valence-electron chi connectivity index (χ2n) is 3.95. The lowest BCUT2D eigenvalue weighted by molar-refractivity contribution is -0.125. The van der Waals surface area contributed by atoms with Gasteiger partial charge in [0, 0.05) is 10.0 Å². The molecule has 1 saturated heterocycles. The predicted octanol–water partition coefficient (Wildman–Crippen LogP) is 3.42. The Kier molecular flexibility index (Phi) is 3.09. The minimum Gasteiger partial charge on any atom is -0.428 e. The van der Waals surface area contributed by atoms with Crippen LogP contribution in [0, 0.1) is 0 Å². The molecule has 1 fully saturated rings. The molecule has 0 N–H and O–H groups in total. The van der Waals surface area contributed by atoms with Gasteiger partial charge in [-0.2, -0.15) is 0 Å². The number of amides is 2. The number of benzene rings is 1. The summed E-state index contributed by atoms with van der Waals surface area (Å²) in [5.74, 6) is -0.527. The van der Waals surface area contributed by atoms with Crippen LogP contribution in [-0.2, 0) is 9.53 Å². The van der Waals surface area contributed by atoms with E-state index in [1.165, 1.54) is 31.2 Å². The third-order valence-electron chi connectivity index (χ3n) is 2.60. The first-order valence-electron chi connectivity index (χ1n) is 5.04. The first-order chi connectivity index (χ1) is 8.37. The zero-order valence-electron chi connectivity index (χ0n) is 9.44. The molecule has 0 saturated carbocycles. The zero-order chi connectivity index (χ0) is 13.5. The highest BCUT2D eigenvalue weighted by Crippen LogP contribution is 2.33. The number of ether oxygens (including phenoxy) is 1. The Morgan fingerprint density at radius 3 is 2.28 bits per heavy atom. The maximum absolute atomic E-state index is 12.1. The van der Waals surface area contributed by atoms with Crippen LogP contribution < -0.4 is 4.90 Å². The molecule has 4 nitrogen and oxygen atoms in total. The van der Waals surface area contributed by atoms with Crippen LogP contribution >= 0.6 is 23.2 Å². The molecule has 94 valence electrons. The molecule has 1 aliphatic rings. The molecule has 0 radical (unpaired) electrons. The molecule has 0 spiro atoms. The van der Waals surface area contributed by atoms with Crippen molar-refractivity contribution >= 4 is 40.9 Å². The number of imide groups is 1.